The molecule has 1 aliphatic heterocycles. The Labute approximate surface area is 178 Å². The van der Waals surface area contributed by atoms with Crippen molar-refractivity contribution in [2.75, 3.05) is 17.2 Å². The van der Waals surface area contributed by atoms with E-state index in [1.807, 2.05) is 53.9 Å². The monoisotopic (exact) mass is 423 g/mol. The van der Waals surface area contributed by atoms with E-state index in [0.717, 1.165) is 17.0 Å². The van der Waals surface area contributed by atoms with Crippen LogP contribution >= 0.6 is 11.3 Å². The van der Waals surface area contributed by atoms with E-state index in [1.54, 1.807) is 6.92 Å². The molecule has 2 aromatic carbocycles. The fraction of sp³-hybridized carbons (Fsp3) is 0.227. The molecule has 2 heterocycles. The lowest BCUT2D eigenvalue weighted by Gasteiger charge is -2.23. The van der Waals surface area contributed by atoms with Crippen LogP contribution in [0.4, 0.5) is 10.8 Å². The van der Waals surface area contributed by atoms with Crippen LogP contribution in [0.15, 0.2) is 53.9 Å². The Morgan fingerprint density at radius 3 is 2.93 bits per heavy atom. The number of aromatic nitrogens is 1. The maximum absolute atomic E-state index is 12.2. The minimum Gasteiger partial charge on any atom is -0.494 e. The van der Waals surface area contributed by atoms with Gasteiger partial charge in [0.15, 0.2) is 11.2 Å². The standard InChI is InChI=1S/C22H21N3O4S/c1-14-21(27)23-17-12-15(9-10-19(17)29-14)18-13-30-22(24-18)25-20(26)8-5-11-28-16-6-3-2-4-7-16/h2-4,6-7,9-10,12-14H,5,8,11H2,1H3,(H,23,27)(H,24,25,26). The highest BCUT2D eigenvalue weighted by Gasteiger charge is 2.23. The van der Waals surface area contributed by atoms with Gasteiger partial charge < -0.3 is 20.1 Å². The van der Waals surface area contributed by atoms with Crippen molar-refractivity contribution >= 4 is 34.0 Å². The molecular weight excluding hydrogens is 402 g/mol. The first-order chi connectivity index (χ1) is 14.6. The van der Waals surface area contributed by atoms with Crippen molar-refractivity contribution in [1.29, 1.82) is 0 Å². The molecule has 0 aliphatic carbocycles. The van der Waals surface area contributed by atoms with E-state index in [2.05, 4.69) is 15.6 Å². The summed E-state index contributed by atoms with van der Waals surface area (Å²) in [5, 5.41) is 8.05. The lowest BCUT2D eigenvalue weighted by molar-refractivity contribution is -0.122. The molecule has 7 nitrogen and oxygen atoms in total. The number of nitrogens with one attached hydrogen (secondary N) is 2. The molecule has 2 amide bonds. The molecule has 8 heteroatoms. The van der Waals surface area contributed by atoms with Gasteiger partial charge in [-0.15, -0.1) is 11.3 Å². The van der Waals surface area contributed by atoms with Crippen molar-refractivity contribution in [3.05, 3.63) is 53.9 Å². The number of ether oxygens (including phenoxy) is 2. The summed E-state index contributed by atoms with van der Waals surface area (Å²) >= 11 is 1.35. The summed E-state index contributed by atoms with van der Waals surface area (Å²) < 4.78 is 11.2. The predicted octanol–water partition coefficient (Wildman–Crippen LogP) is 4.33. The maximum Gasteiger partial charge on any atom is 0.265 e. The average molecular weight is 423 g/mol. The molecule has 1 aliphatic rings. The van der Waals surface area contributed by atoms with Crippen LogP contribution in [0, 0.1) is 0 Å². The van der Waals surface area contributed by atoms with Crippen LogP contribution in [-0.2, 0) is 9.59 Å². The molecule has 0 radical (unpaired) electrons. The summed E-state index contributed by atoms with van der Waals surface area (Å²) in [6.07, 6.45) is 0.451. The summed E-state index contributed by atoms with van der Waals surface area (Å²) in [5.74, 6) is 1.14. The number of thiazole rings is 1. The van der Waals surface area contributed by atoms with Gasteiger partial charge in [-0.1, -0.05) is 18.2 Å². The molecule has 30 heavy (non-hydrogen) atoms. The van der Waals surface area contributed by atoms with Gasteiger partial charge >= 0.3 is 0 Å². The summed E-state index contributed by atoms with van der Waals surface area (Å²) in [6.45, 7) is 2.18. The predicted molar refractivity (Wildman–Crippen MR) is 116 cm³/mol. The molecule has 0 saturated heterocycles. The van der Waals surface area contributed by atoms with Gasteiger partial charge in [0.1, 0.15) is 11.5 Å². The maximum atomic E-state index is 12.2. The van der Waals surface area contributed by atoms with E-state index >= 15 is 0 Å². The smallest absolute Gasteiger partial charge is 0.265 e. The molecule has 2 N–H and O–H groups in total. The van der Waals surface area contributed by atoms with E-state index < -0.39 is 6.10 Å². The molecule has 0 bridgehead atoms. The Morgan fingerprint density at radius 1 is 1.27 bits per heavy atom. The Balaban J connectivity index is 1.30. The van der Waals surface area contributed by atoms with Crippen LogP contribution < -0.4 is 20.1 Å². The van der Waals surface area contributed by atoms with Gasteiger partial charge in [-0.05, 0) is 43.7 Å². The van der Waals surface area contributed by atoms with Gasteiger partial charge in [0.25, 0.3) is 5.91 Å². The number of amides is 2. The molecule has 3 aromatic rings. The molecule has 154 valence electrons. The first-order valence-electron chi connectivity index (χ1n) is 9.63. The number of nitrogens with zero attached hydrogens (tertiary/aromatic N) is 1. The second-order valence-electron chi connectivity index (χ2n) is 6.81. The number of hydrogen-bond acceptors (Lipinski definition) is 6. The van der Waals surface area contributed by atoms with Crippen molar-refractivity contribution in [2.45, 2.75) is 25.9 Å². The molecule has 1 atom stereocenters. The third-order valence-electron chi connectivity index (χ3n) is 4.52. The SMILES string of the molecule is CC1Oc2ccc(-c3csc(NC(=O)CCCOc4ccccc4)n3)cc2NC1=O. The highest BCUT2D eigenvalue weighted by molar-refractivity contribution is 7.14. The fourth-order valence-electron chi connectivity index (χ4n) is 2.95. The molecule has 4 rings (SSSR count). The van der Waals surface area contributed by atoms with Crippen molar-refractivity contribution in [1.82, 2.24) is 4.98 Å². The average Bonchev–Trinajstić information content (AvgIpc) is 3.21. The number of para-hydroxylation sites is 1. The van der Waals surface area contributed by atoms with Gasteiger partial charge in [0, 0.05) is 17.4 Å². The van der Waals surface area contributed by atoms with E-state index in [1.165, 1.54) is 11.3 Å². The minimum absolute atomic E-state index is 0.104. The number of benzene rings is 2. The molecule has 0 spiro atoms. The second kappa shape index (κ2) is 8.96. The number of rotatable bonds is 7. The van der Waals surface area contributed by atoms with Gasteiger partial charge in [0.2, 0.25) is 5.91 Å². The zero-order valence-corrected chi connectivity index (χ0v) is 17.2. The van der Waals surface area contributed by atoms with Crippen LogP contribution in [0.2, 0.25) is 0 Å². The fourth-order valence-corrected chi connectivity index (χ4v) is 3.69. The van der Waals surface area contributed by atoms with Gasteiger partial charge in [0.05, 0.1) is 18.0 Å². The Bertz CT molecular complexity index is 1050. The minimum atomic E-state index is -0.512. The quantitative estimate of drug-likeness (QED) is 0.552. The van der Waals surface area contributed by atoms with Gasteiger partial charge in [-0.25, -0.2) is 4.98 Å². The Kier molecular flexibility index (Phi) is 5.94. The van der Waals surface area contributed by atoms with Crippen molar-refractivity contribution in [2.24, 2.45) is 0 Å². The van der Waals surface area contributed by atoms with E-state index in [9.17, 15) is 9.59 Å². The van der Waals surface area contributed by atoms with Gasteiger partial charge in [-0.2, -0.15) is 0 Å². The first-order valence-corrected chi connectivity index (χ1v) is 10.5. The largest absolute Gasteiger partial charge is 0.494 e. The van der Waals surface area contributed by atoms with Crippen LogP contribution in [0.25, 0.3) is 11.3 Å². The third kappa shape index (κ3) is 4.77. The Hall–Kier alpha value is -3.39. The lowest BCUT2D eigenvalue weighted by atomic mass is 10.1. The normalized spacial score (nSPS) is 15.0. The number of hydrogen-bond donors (Lipinski definition) is 2. The van der Waals surface area contributed by atoms with Gasteiger partial charge in [-0.3, -0.25) is 9.59 Å². The number of anilines is 2. The third-order valence-corrected chi connectivity index (χ3v) is 5.27. The van der Waals surface area contributed by atoms with E-state index in [-0.39, 0.29) is 11.8 Å². The van der Waals surface area contributed by atoms with Crippen LogP contribution in [0.5, 0.6) is 11.5 Å². The topological polar surface area (TPSA) is 89.6 Å². The highest BCUT2D eigenvalue weighted by atomic mass is 32.1. The van der Waals surface area contributed by atoms with Crippen molar-refractivity contribution < 1.29 is 19.1 Å². The van der Waals surface area contributed by atoms with Crippen molar-refractivity contribution in [3.8, 4) is 22.8 Å². The lowest BCUT2D eigenvalue weighted by Crippen LogP contribution is -2.34. The van der Waals surface area contributed by atoms with Crippen LogP contribution in [0.3, 0.4) is 0 Å². The van der Waals surface area contributed by atoms with Crippen molar-refractivity contribution in [3.63, 3.8) is 0 Å². The van der Waals surface area contributed by atoms with E-state index in [4.69, 9.17) is 9.47 Å². The summed E-state index contributed by atoms with van der Waals surface area (Å²) in [7, 11) is 0. The molecular formula is C22H21N3O4S. The zero-order chi connectivity index (χ0) is 20.9. The molecule has 1 aromatic heterocycles. The molecule has 0 saturated carbocycles. The first kappa shape index (κ1) is 19.9. The van der Waals surface area contributed by atoms with Crippen LogP contribution in [0.1, 0.15) is 19.8 Å². The van der Waals surface area contributed by atoms with Crippen LogP contribution in [-0.4, -0.2) is 29.5 Å². The zero-order valence-electron chi connectivity index (χ0n) is 16.4. The number of carbonyl (C=O) groups is 2. The highest BCUT2D eigenvalue weighted by Crippen LogP contribution is 2.34. The summed E-state index contributed by atoms with van der Waals surface area (Å²) in [5.41, 5.74) is 2.17. The number of carbonyl (C=O) groups excluding carboxylic acids is 2. The second-order valence-corrected chi connectivity index (χ2v) is 7.67. The Morgan fingerprint density at radius 2 is 2.10 bits per heavy atom. The van der Waals surface area contributed by atoms with E-state index in [0.29, 0.717) is 36.0 Å². The summed E-state index contributed by atoms with van der Waals surface area (Å²) in [6, 6.07) is 15.0. The number of fused-ring (bicyclic) bond motifs is 1. The summed E-state index contributed by atoms with van der Waals surface area (Å²) in [4.78, 5) is 28.5. The molecule has 1 unspecified atom stereocenters. The molecule has 0 fully saturated rings.